The molecule has 1 heterocycles. The van der Waals surface area contributed by atoms with E-state index in [1.54, 1.807) is 7.11 Å². The summed E-state index contributed by atoms with van der Waals surface area (Å²) in [6.45, 7) is 2.10. The maximum atomic E-state index is 5.37. The number of aromatic amines is 1. The Balaban J connectivity index is 2.49. The Hall–Kier alpha value is -1.81. The summed E-state index contributed by atoms with van der Waals surface area (Å²) < 4.78 is 5.37. The first kappa shape index (κ1) is 11.7. The molecule has 17 heavy (non-hydrogen) atoms. The van der Waals surface area contributed by atoms with Crippen molar-refractivity contribution >= 4 is 0 Å². The van der Waals surface area contributed by atoms with Crippen molar-refractivity contribution in [2.24, 2.45) is 0 Å². The van der Waals surface area contributed by atoms with Crippen LogP contribution in [0.2, 0.25) is 0 Å². The van der Waals surface area contributed by atoms with Gasteiger partial charge in [-0.05, 0) is 26.1 Å². The molecule has 2 aromatic rings. The number of hydrogen-bond acceptors (Lipinski definition) is 3. The number of ether oxygens (including phenoxy) is 1. The largest absolute Gasteiger partial charge is 0.496 e. The molecule has 0 amide bonds. The highest BCUT2D eigenvalue weighted by Crippen LogP contribution is 2.32. The summed E-state index contributed by atoms with van der Waals surface area (Å²) in [5.74, 6) is 0.848. The van der Waals surface area contributed by atoms with Gasteiger partial charge in [0.25, 0.3) is 0 Å². The number of methoxy groups -OCH3 is 1. The molecule has 0 fully saturated rings. The molecular weight excluding hydrogens is 214 g/mol. The molecule has 0 spiro atoms. The van der Waals surface area contributed by atoms with Crippen LogP contribution in [-0.4, -0.2) is 24.4 Å². The van der Waals surface area contributed by atoms with Gasteiger partial charge >= 0.3 is 0 Å². The zero-order chi connectivity index (χ0) is 12.3. The maximum Gasteiger partial charge on any atom is 0.128 e. The van der Waals surface area contributed by atoms with E-state index in [-0.39, 0.29) is 6.04 Å². The van der Waals surface area contributed by atoms with E-state index in [0.29, 0.717) is 0 Å². The normalized spacial score (nSPS) is 12.4. The number of rotatable bonds is 4. The Morgan fingerprint density at radius 3 is 2.82 bits per heavy atom. The fourth-order valence-corrected chi connectivity index (χ4v) is 1.85. The van der Waals surface area contributed by atoms with Gasteiger partial charge in [0.1, 0.15) is 5.75 Å². The van der Waals surface area contributed by atoms with Gasteiger partial charge in [0, 0.05) is 17.2 Å². The van der Waals surface area contributed by atoms with Crippen molar-refractivity contribution in [3.63, 3.8) is 0 Å². The first-order valence-corrected chi connectivity index (χ1v) is 5.61. The van der Waals surface area contributed by atoms with Gasteiger partial charge in [-0.25, -0.2) is 0 Å². The number of benzene rings is 1. The molecule has 4 heteroatoms. The van der Waals surface area contributed by atoms with E-state index in [4.69, 9.17) is 4.74 Å². The molecule has 1 aromatic carbocycles. The van der Waals surface area contributed by atoms with Crippen LogP contribution >= 0.6 is 0 Å². The lowest BCUT2D eigenvalue weighted by Crippen LogP contribution is -2.12. The van der Waals surface area contributed by atoms with Crippen LogP contribution in [0, 0.1) is 0 Å². The zero-order valence-corrected chi connectivity index (χ0v) is 10.3. The first-order chi connectivity index (χ1) is 8.27. The van der Waals surface area contributed by atoms with Crippen molar-refractivity contribution < 1.29 is 4.74 Å². The molecule has 1 aromatic heterocycles. The van der Waals surface area contributed by atoms with Crippen molar-refractivity contribution in [3.05, 3.63) is 36.0 Å². The number of aromatic nitrogens is 2. The predicted octanol–water partition coefficient (Wildman–Crippen LogP) is 2.37. The van der Waals surface area contributed by atoms with Crippen LogP contribution in [0.25, 0.3) is 11.3 Å². The van der Waals surface area contributed by atoms with Crippen molar-refractivity contribution in [3.8, 4) is 17.0 Å². The summed E-state index contributed by atoms with van der Waals surface area (Å²) in [7, 11) is 3.61. The number of nitrogens with zero attached hydrogens (tertiary/aromatic N) is 1. The molecule has 0 aliphatic heterocycles. The van der Waals surface area contributed by atoms with Crippen molar-refractivity contribution in [1.82, 2.24) is 15.5 Å². The van der Waals surface area contributed by atoms with E-state index in [1.807, 2.05) is 37.5 Å². The molecule has 1 unspecified atom stereocenters. The summed E-state index contributed by atoms with van der Waals surface area (Å²) >= 11 is 0. The molecule has 90 valence electrons. The van der Waals surface area contributed by atoms with Crippen LogP contribution < -0.4 is 10.1 Å². The smallest absolute Gasteiger partial charge is 0.128 e. The topological polar surface area (TPSA) is 49.9 Å². The third-order valence-electron chi connectivity index (χ3n) is 2.94. The second-order valence-electron chi connectivity index (χ2n) is 3.91. The quantitative estimate of drug-likeness (QED) is 0.849. The highest BCUT2D eigenvalue weighted by Gasteiger charge is 2.15. The Morgan fingerprint density at radius 1 is 1.35 bits per heavy atom. The first-order valence-electron chi connectivity index (χ1n) is 5.61. The average Bonchev–Trinajstić information content (AvgIpc) is 2.86. The molecule has 4 nitrogen and oxygen atoms in total. The van der Waals surface area contributed by atoms with Crippen LogP contribution in [0.15, 0.2) is 30.5 Å². The number of H-pyrrole nitrogens is 1. The van der Waals surface area contributed by atoms with Crippen LogP contribution in [0.3, 0.4) is 0 Å². The Bertz CT molecular complexity index is 493. The summed E-state index contributed by atoms with van der Waals surface area (Å²) in [5, 5.41) is 10.4. The summed E-state index contributed by atoms with van der Waals surface area (Å²) in [4.78, 5) is 0. The Labute approximate surface area is 101 Å². The molecule has 0 radical (unpaired) electrons. The Morgan fingerprint density at radius 2 is 2.12 bits per heavy atom. The summed E-state index contributed by atoms with van der Waals surface area (Å²) in [6.07, 6.45) is 1.85. The number of nitrogens with one attached hydrogen (secondary N) is 2. The second-order valence-corrected chi connectivity index (χ2v) is 3.91. The Kier molecular flexibility index (Phi) is 3.44. The predicted molar refractivity (Wildman–Crippen MR) is 68.1 cm³/mol. The lowest BCUT2D eigenvalue weighted by Gasteiger charge is -2.12. The third-order valence-corrected chi connectivity index (χ3v) is 2.94. The lowest BCUT2D eigenvalue weighted by atomic mass is 10.0. The highest BCUT2D eigenvalue weighted by molar-refractivity contribution is 5.70. The maximum absolute atomic E-state index is 5.37. The van der Waals surface area contributed by atoms with E-state index in [2.05, 4.69) is 22.4 Å². The molecule has 2 rings (SSSR count). The summed E-state index contributed by atoms with van der Waals surface area (Å²) in [5.41, 5.74) is 3.17. The van der Waals surface area contributed by atoms with Crippen molar-refractivity contribution in [1.29, 1.82) is 0 Å². The fraction of sp³-hybridized carbons (Fsp3) is 0.308. The standard InChI is InChI=1S/C13H17N3O/c1-9(14-2)11-8-15-16-13(11)10-6-4-5-7-12(10)17-3/h4-9,14H,1-3H3,(H,15,16). The van der Waals surface area contributed by atoms with E-state index in [1.165, 1.54) is 0 Å². The second kappa shape index (κ2) is 5.01. The van der Waals surface area contributed by atoms with Gasteiger partial charge < -0.3 is 10.1 Å². The number of hydrogen-bond donors (Lipinski definition) is 2. The lowest BCUT2D eigenvalue weighted by molar-refractivity contribution is 0.416. The van der Waals surface area contributed by atoms with Gasteiger partial charge in [-0.15, -0.1) is 0 Å². The monoisotopic (exact) mass is 231 g/mol. The summed E-state index contributed by atoms with van der Waals surface area (Å²) in [6, 6.07) is 8.17. The molecule has 0 saturated heterocycles. The molecule has 1 atom stereocenters. The van der Waals surface area contributed by atoms with Gasteiger partial charge in [-0.2, -0.15) is 5.10 Å². The zero-order valence-electron chi connectivity index (χ0n) is 10.3. The minimum atomic E-state index is 0.244. The van der Waals surface area contributed by atoms with E-state index >= 15 is 0 Å². The van der Waals surface area contributed by atoms with Gasteiger partial charge in [0.2, 0.25) is 0 Å². The van der Waals surface area contributed by atoms with Crippen LogP contribution in [-0.2, 0) is 0 Å². The van der Waals surface area contributed by atoms with Crippen LogP contribution in [0.1, 0.15) is 18.5 Å². The van der Waals surface area contributed by atoms with E-state index in [9.17, 15) is 0 Å². The molecule has 0 saturated carbocycles. The molecule has 2 N–H and O–H groups in total. The van der Waals surface area contributed by atoms with Gasteiger partial charge in [0.05, 0.1) is 19.0 Å². The van der Waals surface area contributed by atoms with Gasteiger partial charge in [-0.1, -0.05) is 12.1 Å². The highest BCUT2D eigenvalue weighted by atomic mass is 16.5. The minimum Gasteiger partial charge on any atom is -0.496 e. The average molecular weight is 231 g/mol. The van der Waals surface area contributed by atoms with Crippen molar-refractivity contribution in [2.75, 3.05) is 14.2 Å². The fourth-order valence-electron chi connectivity index (χ4n) is 1.85. The van der Waals surface area contributed by atoms with Crippen molar-refractivity contribution in [2.45, 2.75) is 13.0 Å². The van der Waals surface area contributed by atoms with Crippen LogP contribution in [0.5, 0.6) is 5.75 Å². The molecular formula is C13H17N3O. The number of para-hydroxylation sites is 1. The van der Waals surface area contributed by atoms with Gasteiger partial charge in [-0.3, -0.25) is 5.10 Å². The van der Waals surface area contributed by atoms with E-state index < -0.39 is 0 Å². The van der Waals surface area contributed by atoms with Crippen LogP contribution in [0.4, 0.5) is 0 Å². The minimum absolute atomic E-state index is 0.244. The molecule has 0 aliphatic carbocycles. The van der Waals surface area contributed by atoms with E-state index in [0.717, 1.165) is 22.6 Å². The molecule has 0 aliphatic rings. The van der Waals surface area contributed by atoms with Gasteiger partial charge in [0.15, 0.2) is 0 Å². The molecule has 0 bridgehead atoms. The third kappa shape index (κ3) is 2.17. The SMILES string of the molecule is CNC(C)c1cn[nH]c1-c1ccccc1OC.